The van der Waals surface area contributed by atoms with Gasteiger partial charge >= 0.3 is 0 Å². The van der Waals surface area contributed by atoms with Crippen LogP contribution < -0.4 is 0 Å². The molecular formula is C75H121NO3S2. The molecule has 456 valence electrons. The van der Waals surface area contributed by atoms with Crippen molar-refractivity contribution in [3.63, 3.8) is 0 Å². The van der Waals surface area contributed by atoms with Gasteiger partial charge in [-0.25, -0.2) is 13.4 Å². The average Bonchev–Trinajstić information content (AvgIpc) is 4.30. The standard InChI is InChI=1S/C34H58.C30H41NO2S2.C11H22O/c1-8-11-27(12-9-2)26(10-3)14-13-25(5)30-17-18-31-29-16-15-28-23-24(4)19-21-33(28,6)32(29)20-22-34(30,31)7;1-19-13-15-29(3)21(17-19)9-10-22-24-12-11-23(30(24,4)16-14-25(22)29)20(2)18-35(32,33)28-31-26-7-5-6-8-27(26)34-28;1-4-7-11(8-5-2)10(6-3)9-12/h13-15,24-27,29-32H,8-12,16-23H2,1-7H3;5-9,19-20,22-25H,10-18H2,1-4H3;9-11H,4-8H2,1-3H3/b14-13+;;/t24-,25+,26?,29-,30+,31-,32-,33-,34+;19-,20+,22-,23+,24-,25-,29-,30+;/m00./s1. The first kappa shape index (κ1) is 64.9. The van der Waals surface area contributed by atoms with Crippen LogP contribution in [0.2, 0.25) is 0 Å². The summed E-state index contributed by atoms with van der Waals surface area (Å²) in [6, 6.07) is 7.75. The van der Waals surface area contributed by atoms with Crippen LogP contribution in [0.5, 0.6) is 0 Å². The van der Waals surface area contributed by atoms with Crippen molar-refractivity contribution in [3.05, 3.63) is 59.7 Å². The molecule has 1 heterocycles. The second-order valence-electron chi connectivity index (χ2n) is 30.6. The van der Waals surface area contributed by atoms with E-state index in [-0.39, 0.29) is 17.1 Å². The Labute approximate surface area is 502 Å². The minimum absolute atomic E-state index is 0.166. The highest BCUT2D eigenvalue weighted by atomic mass is 32.2. The van der Waals surface area contributed by atoms with E-state index in [0.717, 1.165) is 93.9 Å². The van der Waals surface area contributed by atoms with Crippen LogP contribution in [-0.2, 0) is 14.6 Å². The van der Waals surface area contributed by atoms with Crippen molar-refractivity contribution in [1.82, 2.24) is 4.98 Å². The van der Waals surface area contributed by atoms with Gasteiger partial charge in [0.25, 0.3) is 0 Å². The molecule has 0 spiro atoms. The lowest BCUT2D eigenvalue weighted by molar-refractivity contribution is -0.112. The number of nitrogens with zero attached hydrogens (tertiary/aromatic N) is 1. The Morgan fingerprint density at radius 2 is 1.09 bits per heavy atom. The van der Waals surface area contributed by atoms with Crippen LogP contribution in [0.3, 0.4) is 0 Å². The maximum Gasteiger partial charge on any atom is 0.210 e. The van der Waals surface area contributed by atoms with Gasteiger partial charge in [-0.2, -0.15) is 0 Å². The number of sulfone groups is 1. The number of aromatic nitrogens is 1. The zero-order valence-electron chi connectivity index (χ0n) is 54.5. The highest BCUT2D eigenvalue weighted by molar-refractivity contribution is 7.93. The minimum atomic E-state index is -3.38. The van der Waals surface area contributed by atoms with E-state index in [2.05, 4.69) is 126 Å². The lowest BCUT2D eigenvalue weighted by Crippen LogP contribution is -2.50. The molecule has 2 aromatic rings. The molecule has 1 aromatic carbocycles. The summed E-state index contributed by atoms with van der Waals surface area (Å²) >= 11 is 1.33. The van der Waals surface area contributed by atoms with E-state index in [1.165, 1.54) is 172 Å². The zero-order valence-corrected chi connectivity index (χ0v) is 56.1. The summed E-state index contributed by atoms with van der Waals surface area (Å²) in [6.07, 6.45) is 46.6. The molecule has 81 heavy (non-hydrogen) atoms. The molecule has 8 aliphatic carbocycles. The second kappa shape index (κ2) is 27.8. The molecule has 6 heteroatoms. The fraction of sp³-hybridized carbons (Fsp3) is 0.813. The van der Waals surface area contributed by atoms with Crippen molar-refractivity contribution in [2.45, 2.75) is 268 Å². The van der Waals surface area contributed by atoms with Crippen molar-refractivity contribution >= 4 is 37.7 Å². The molecule has 2 unspecified atom stereocenters. The summed E-state index contributed by atoms with van der Waals surface area (Å²) in [6.45, 7) is 33.9. The molecule has 10 rings (SSSR count). The molecule has 6 saturated carbocycles. The summed E-state index contributed by atoms with van der Waals surface area (Å²) in [5.74, 6) is 12.2. The summed E-state index contributed by atoms with van der Waals surface area (Å²) < 4.78 is 28.1. The van der Waals surface area contributed by atoms with Crippen molar-refractivity contribution < 1.29 is 13.2 Å². The number of hydrogen-bond acceptors (Lipinski definition) is 5. The number of benzene rings is 1. The third kappa shape index (κ3) is 13.4. The first-order valence-electron chi connectivity index (χ1n) is 34.8. The topological polar surface area (TPSA) is 64.1 Å². The Morgan fingerprint density at radius 3 is 1.57 bits per heavy atom. The van der Waals surface area contributed by atoms with Gasteiger partial charge in [0.2, 0.25) is 14.2 Å². The lowest BCUT2D eigenvalue weighted by atomic mass is 9.46. The summed E-state index contributed by atoms with van der Waals surface area (Å²) in [4.78, 5) is 15.2. The number of fused-ring (bicyclic) bond motifs is 11. The number of thiazole rings is 1. The van der Waals surface area contributed by atoms with E-state index in [4.69, 9.17) is 0 Å². The molecule has 4 nitrogen and oxygen atoms in total. The quantitative estimate of drug-likeness (QED) is 0.0979. The second-order valence-corrected chi connectivity index (χ2v) is 33.8. The predicted molar refractivity (Wildman–Crippen MR) is 348 cm³/mol. The van der Waals surface area contributed by atoms with Crippen LogP contribution in [0, 0.1) is 116 Å². The van der Waals surface area contributed by atoms with Gasteiger partial charge in [0.05, 0.1) is 16.0 Å². The highest BCUT2D eigenvalue weighted by Crippen LogP contribution is 2.69. The average molecular weight is 1150 g/mol. The van der Waals surface area contributed by atoms with Gasteiger partial charge in [0, 0.05) is 5.92 Å². The van der Waals surface area contributed by atoms with E-state index < -0.39 is 9.84 Å². The predicted octanol–water partition coefficient (Wildman–Crippen LogP) is 22.0. The minimum Gasteiger partial charge on any atom is -0.303 e. The number of hydrogen-bond donors (Lipinski definition) is 0. The van der Waals surface area contributed by atoms with Crippen LogP contribution in [-0.4, -0.2) is 25.4 Å². The largest absolute Gasteiger partial charge is 0.303 e. The highest BCUT2D eigenvalue weighted by Gasteiger charge is 2.61. The fourth-order valence-corrected chi connectivity index (χ4v) is 24.3. The van der Waals surface area contributed by atoms with E-state index in [1.807, 2.05) is 29.8 Å². The number of aldehydes is 1. The van der Waals surface area contributed by atoms with Crippen LogP contribution in [0.4, 0.5) is 0 Å². The molecule has 0 saturated heterocycles. The molecule has 6 fully saturated rings. The van der Waals surface area contributed by atoms with Crippen LogP contribution in [0.1, 0.15) is 264 Å². The van der Waals surface area contributed by atoms with Gasteiger partial charge in [-0.1, -0.05) is 196 Å². The normalized spacial score (nSPS) is 36.7. The summed E-state index contributed by atoms with van der Waals surface area (Å²) in [7, 11) is -3.38. The molecule has 0 radical (unpaired) electrons. The number of carbonyl (C=O) groups is 1. The first-order chi connectivity index (χ1) is 38.7. The van der Waals surface area contributed by atoms with Crippen molar-refractivity contribution in [2.75, 3.05) is 5.75 Å². The van der Waals surface area contributed by atoms with Crippen molar-refractivity contribution in [2.24, 2.45) is 116 Å². The Morgan fingerprint density at radius 1 is 0.605 bits per heavy atom. The number of para-hydroxylation sites is 1. The number of rotatable bonds is 20. The van der Waals surface area contributed by atoms with Gasteiger partial charge in [-0.15, -0.1) is 11.3 Å². The van der Waals surface area contributed by atoms with E-state index >= 15 is 0 Å². The Bertz CT molecular complexity index is 2510. The summed E-state index contributed by atoms with van der Waals surface area (Å²) in [5, 5.41) is 0. The molecule has 8 aliphatic rings. The fourth-order valence-electron chi connectivity index (χ4n) is 21.3. The monoisotopic (exact) mass is 1150 g/mol. The van der Waals surface area contributed by atoms with Gasteiger partial charge in [0.15, 0.2) is 0 Å². The maximum absolute atomic E-state index is 13.4. The number of carbonyl (C=O) groups excluding carboxylic acids is 1. The molecule has 1 aromatic heterocycles. The molecule has 18 atom stereocenters. The van der Waals surface area contributed by atoms with Crippen molar-refractivity contribution in [1.29, 1.82) is 0 Å². The van der Waals surface area contributed by atoms with Crippen LogP contribution in [0.15, 0.2) is 64.1 Å². The molecular weight excluding hydrogens is 1030 g/mol. The SMILES string of the molecule is CCCC(CCC)C(/C=C/[C@@H](C)[C@H]1CC[C@H]2[C@@H]3CC=C4C[C@@H](C)CC[C@]4(C)[C@H]3CC[C@]12C)CC.CCCC(CCC)C(C=O)CC.C[C@H]1CC[C@@]2(C)C(=CC[C@H]3[C@@H]4CC[C@H]([C@H](C)CS(=O)(=O)c5nc6ccccc6s5)[C@@]4(C)CC[C@@H]32)C1. The lowest BCUT2D eigenvalue weighted by Gasteiger charge is -2.58. The number of allylic oxidation sites excluding steroid dienone is 6. The Hall–Kier alpha value is -2.05. The Kier molecular flexibility index (Phi) is 22.3. The van der Waals surface area contributed by atoms with E-state index in [1.54, 1.807) is 5.57 Å². The van der Waals surface area contributed by atoms with Gasteiger partial charge in [0.1, 0.15) is 6.29 Å². The molecule has 0 N–H and O–H groups in total. The van der Waals surface area contributed by atoms with E-state index in [0.29, 0.717) is 38.3 Å². The Balaban J connectivity index is 0.000000178. The van der Waals surface area contributed by atoms with Crippen molar-refractivity contribution in [3.8, 4) is 0 Å². The third-order valence-corrected chi connectivity index (χ3v) is 29.3. The van der Waals surface area contributed by atoms with Gasteiger partial charge in [-0.3, -0.25) is 0 Å². The zero-order chi connectivity index (χ0) is 58.5. The van der Waals surface area contributed by atoms with Crippen LogP contribution >= 0.6 is 11.3 Å². The molecule has 0 aliphatic heterocycles. The molecule has 0 amide bonds. The maximum atomic E-state index is 13.4. The van der Waals surface area contributed by atoms with Crippen LogP contribution in [0.25, 0.3) is 10.2 Å². The van der Waals surface area contributed by atoms with E-state index in [9.17, 15) is 13.2 Å². The molecule has 0 bridgehead atoms. The van der Waals surface area contributed by atoms with Gasteiger partial charge in [-0.05, 0) is 238 Å². The smallest absolute Gasteiger partial charge is 0.210 e. The summed E-state index contributed by atoms with van der Waals surface area (Å²) in [5.41, 5.74) is 6.21. The third-order valence-electron chi connectivity index (χ3n) is 25.8. The van der Waals surface area contributed by atoms with Gasteiger partial charge < -0.3 is 4.79 Å². The first-order valence-corrected chi connectivity index (χ1v) is 37.3.